The second-order valence-electron chi connectivity index (χ2n) is 3.75. The lowest BCUT2D eigenvalue weighted by molar-refractivity contribution is -0.0327. The van der Waals surface area contributed by atoms with Gasteiger partial charge in [-0.05, 0) is 23.9 Å². The average Bonchev–Trinajstić information content (AvgIpc) is 2.72. The Bertz CT molecular complexity index is 553. The molecule has 0 amide bonds. The van der Waals surface area contributed by atoms with Crippen LogP contribution in [0.25, 0.3) is 0 Å². The van der Waals surface area contributed by atoms with Crippen molar-refractivity contribution in [1.29, 1.82) is 0 Å². The van der Waals surface area contributed by atoms with Gasteiger partial charge in [0.15, 0.2) is 0 Å². The summed E-state index contributed by atoms with van der Waals surface area (Å²) < 4.78 is 38.8. The quantitative estimate of drug-likeness (QED) is 0.878. The van der Waals surface area contributed by atoms with Gasteiger partial charge < -0.3 is 5.32 Å². The molecule has 0 saturated carbocycles. The Labute approximate surface area is 112 Å². The molecular weight excluding hydrogens is 277 g/mol. The zero-order chi connectivity index (χ0) is 13.9. The molecule has 0 aliphatic rings. The van der Waals surface area contributed by atoms with E-state index in [1.165, 1.54) is 6.07 Å². The van der Waals surface area contributed by atoms with E-state index in [2.05, 4.69) is 15.6 Å². The maximum atomic E-state index is 12.4. The van der Waals surface area contributed by atoms with Crippen LogP contribution in [0, 0.1) is 0 Å². The molecule has 2 rings (SSSR count). The van der Waals surface area contributed by atoms with Crippen LogP contribution < -0.4 is 5.32 Å². The Morgan fingerprint density at radius 2 is 2.05 bits per heavy atom. The first-order valence-electron chi connectivity index (χ1n) is 5.38. The van der Waals surface area contributed by atoms with Gasteiger partial charge >= 0.3 is 5.51 Å². The molecule has 1 aromatic heterocycles. The maximum Gasteiger partial charge on any atom is 0.446 e. The molecule has 0 saturated heterocycles. The number of rotatable bonds is 4. The number of benzene rings is 1. The summed E-state index contributed by atoms with van der Waals surface area (Å²) >= 11 is -0.132. The molecule has 0 atom stereocenters. The molecule has 0 unspecified atom stereocenters. The Morgan fingerprint density at radius 3 is 2.68 bits per heavy atom. The summed E-state index contributed by atoms with van der Waals surface area (Å²) in [7, 11) is 1.72. The van der Waals surface area contributed by atoms with Crippen LogP contribution in [0.15, 0.2) is 35.4 Å². The molecule has 1 N–H and O–H groups in total. The number of anilines is 1. The molecule has 4 nitrogen and oxygen atoms in total. The highest BCUT2D eigenvalue weighted by Gasteiger charge is 2.30. The van der Waals surface area contributed by atoms with Gasteiger partial charge in [-0.2, -0.15) is 13.2 Å². The average molecular weight is 288 g/mol. The van der Waals surface area contributed by atoms with Gasteiger partial charge in [-0.15, -0.1) is 5.10 Å². The SMILES string of the molecule is Cn1nncc1CNc1ccccc1SC(F)(F)F. The Balaban J connectivity index is 2.10. The summed E-state index contributed by atoms with van der Waals surface area (Å²) in [6, 6.07) is 6.30. The maximum absolute atomic E-state index is 12.4. The van der Waals surface area contributed by atoms with E-state index in [0.29, 0.717) is 12.2 Å². The lowest BCUT2D eigenvalue weighted by atomic mass is 10.3. The molecule has 0 bridgehead atoms. The van der Waals surface area contributed by atoms with Gasteiger partial charge in [-0.25, -0.2) is 0 Å². The zero-order valence-corrected chi connectivity index (χ0v) is 10.8. The van der Waals surface area contributed by atoms with Crippen LogP contribution in [0.1, 0.15) is 5.69 Å². The largest absolute Gasteiger partial charge is 0.446 e. The third-order valence-electron chi connectivity index (χ3n) is 2.38. The highest BCUT2D eigenvalue weighted by molar-refractivity contribution is 8.00. The van der Waals surface area contributed by atoms with Crippen LogP contribution in [0.4, 0.5) is 18.9 Å². The molecule has 8 heteroatoms. The number of para-hydroxylation sites is 1. The van der Waals surface area contributed by atoms with Crippen LogP contribution in [0.3, 0.4) is 0 Å². The van der Waals surface area contributed by atoms with Gasteiger partial charge in [0, 0.05) is 17.6 Å². The predicted octanol–water partition coefficient (Wildman–Crippen LogP) is 3.04. The Hall–Kier alpha value is -1.70. The third-order valence-corrected chi connectivity index (χ3v) is 3.19. The van der Waals surface area contributed by atoms with Gasteiger partial charge in [0.05, 0.1) is 18.4 Å². The number of nitrogens with zero attached hydrogens (tertiary/aromatic N) is 3. The van der Waals surface area contributed by atoms with E-state index >= 15 is 0 Å². The van der Waals surface area contributed by atoms with Crippen molar-refractivity contribution in [3.8, 4) is 0 Å². The molecule has 0 aliphatic heterocycles. The fourth-order valence-corrected chi connectivity index (χ4v) is 2.13. The molecule has 0 radical (unpaired) electrons. The van der Waals surface area contributed by atoms with E-state index in [1.54, 1.807) is 36.1 Å². The van der Waals surface area contributed by atoms with Crippen molar-refractivity contribution < 1.29 is 13.2 Å². The number of nitrogens with one attached hydrogen (secondary N) is 1. The Kier molecular flexibility index (Phi) is 3.98. The number of alkyl halides is 3. The summed E-state index contributed by atoms with van der Waals surface area (Å²) in [6.07, 6.45) is 1.56. The fraction of sp³-hybridized carbons (Fsp3) is 0.273. The highest BCUT2D eigenvalue weighted by Crippen LogP contribution is 2.40. The lowest BCUT2D eigenvalue weighted by Crippen LogP contribution is -2.07. The van der Waals surface area contributed by atoms with Crippen molar-refractivity contribution >= 4 is 17.4 Å². The molecule has 1 heterocycles. The van der Waals surface area contributed by atoms with Crippen molar-refractivity contribution in [2.24, 2.45) is 7.05 Å². The first-order valence-corrected chi connectivity index (χ1v) is 6.19. The fourth-order valence-electron chi connectivity index (χ4n) is 1.48. The van der Waals surface area contributed by atoms with Crippen LogP contribution in [0.5, 0.6) is 0 Å². The summed E-state index contributed by atoms with van der Waals surface area (Å²) in [5, 5.41) is 10.4. The molecule has 0 spiro atoms. The summed E-state index contributed by atoms with van der Waals surface area (Å²) in [5.41, 5.74) is -3.08. The van der Waals surface area contributed by atoms with Crippen LogP contribution >= 0.6 is 11.8 Å². The molecule has 0 aliphatic carbocycles. The highest BCUT2D eigenvalue weighted by atomic mass is 32.2. The van der Waals surface area contributed by atoms with E-state index in [4.69, 9.17) is 0 Å². The first-order chi connectivity index (χ1) is 8.96. The van der Waals surface area contributed by atoms with Gasteiger partial charge in [0.25, 0.3) is 0 Å². The predicted molar refractivity (Wildman–Crippen MR) is 66.7 cm³/mol. The lowest BCUT2D eigenvalue weighted by Gasteiger charge is -2.12. The topological polar surface area (TPSA) is 42.7 Å². The smallest absolute Gasteiger partial charge is 0.378 e. The van der Waals surface area contributed by atoms with E-state index in [-0.39, 0.29) is 16.7 Å². The van der Waals surface area contributed by atoms with Gasteiger partial charge in [0.2, 0.25) is 0 Å². The normalized spacial score (nSPS) is 11.6. The molecule has 19 heavy (non-hydrogen) atoms. The number of aromatic nitrogens is 3. The van der Waals surface area contributed by atoms with Gasteiger partial charge in [0.1, 0.15) is 0 Å². The minimum atomic E-state index is -4.30. The van der Waals surface area contributed by atoms with Crippen molar-refractivity contribution in [2.45, 2.75) is 16.9 Å². The monoisotopic (exact) mass is 288 g/mol. The summed E-state index contributed by atoms with van der Waals surface area (Å²) in [5.74, 6) is 0. The summed E-state index contributed by atoms with van der Waals surface area (Å²) in [4.78, 5) is 0.144. The number of hydrogen-bond donors (Lipinski definition) is 1. The van der Waals surface area contributed by atoms with E-state index in [0.717, 1.165) is 5.69 Å². The van der Waals surface area contributed by atoms with Gasteiger partial charge in [-0.1, -0.05) is 17.3 Å². The standard InChI is InChI=1S/C11H11F3N4S/c1-18-8(7-16-17-18)6-15-9-4-2-3-5-10(9)19-11(12,13)14/h2-5,7,15H,6H2,1H3. The summed E-state index contributed by atoms with van der Waals surface area (Å²) in [6.45, 7) is 0.360. The minimum Gasteiger partial charge on any atom is -0.378 e. The van der Waals surface area contributed by atoms with Gasteiger partial charge in [-0.3, -0.25) is 4.68 Å². The Morgan fingerprint density at radius 1 is 1.32 bits per heavy atom. The number of hydrogen-bond acceptors (Lipinski definition) is 4. The molecule has 2 aromatic rings. The van der Waals surface area contributed by atoms with E-state index < -0.39 is 5.51 Å². The first kappa shape index (κ1) is 13.7. The van der Waals surface area contributed by atoms with Crippen LogP contribution in [-0.2, 0) is 13.6 Å². The van der Waals surface area contributed by atoms with Crippen molar-refractivity contribution in [3.63, 3.8) is 0 Å². The van der Waals surface area contributed by atoms with Crippen molar-refractivity contribution in [1.82, 2.24) is 15.0 Å². The van der Waals surface area contributed by atoms with E-state index in [1.807, 2.05) is 0 Å². The van der Waals surface area contributed by atoms with Crippen molar-refractivity contribution in [2.75, 3.05) is 5.32 Å². The number of thioether (sulfide) groups is 1. The molecular formula is C11H11F3N4S. The zero-order valence-electron chi connectivity index (χ0n) is 9.98. The second-order valence-corrected chi connectivity index (χ2v) is 4.85. The molecule has 102 valence electrons. The minimum absolute atomic E-state index is 0.132. The number of aryl methyl sites for hydroxylation is 1. The molecule has 0 fully saturated rings. The van der Waals surface area contributed by atoms with E-state index in [9.17, 15) is 13.2 Å². The van der Waals surface area contributed by atoms with Crippen LogP contribution in [-0.4, -0.2) is 20.5 Å². The van der Waals surface area contributed by atoms with Crippen molar-refractivity contribution in [3.05, 3.63) is 36.2 Å². The molecule has 1 aromatic carbocycles. The second kappa shape index (κ2) is 5.52. The number of halogens is 3. The third kappa shape index (κ3) is 3.88. The van der Waals surface area contributed by atoms with Crippen LogP contribution in [0.2, 0.25) is 0 Å².